The molecule has 0 fully saturated rings. The lowest BCUT2D eigenvalue weighted by Crippen LogP contribution is -2.14. The minimum atomic E-state index is 0.593. The summed E-state index contributed by atoms with van der Waals surface area (Å²) in [6.07, 6.45) is 7.42. The highest BCUT2D eigenvalue weighted by Gasteiger charge is 2.14. The highest BCUT2D eigenvalue weighted by Crippen LogP contribution is 2.35. The molecule has 4 rings (SSSR count). The fraction of sp³-hybridized carbons (Fsp3) is 0.0556. The Balaban J connectivity index is 2.09. The molecule has 5 heteroatoms. The van der Waals surface area contributed by atoms with Crippen LogP contribution >= 0.6 is 0 Å². The van der Waals surface area contributed by atoms with E-state index < -0.39 is 0 Å². The fourth-order valence-electron chi connectivity index (χ4n) is 3.14. The van der Waals surface area contributed by atoms with Crippen LogP contribution in [0.1, 0.15) is 11.1 Å². The van der Waals surface area contributed by atoms with Crippen LogP contribution in [-0.2, 0) is 0 Å². The van der Waals surface area contributed by atoms with Gasteiger partial charge in [-0.25, -0.2) is 0 Å². The van der Waals surface area contributed by atoms with Gasteiger partial charge in [0.25, 0.3) is 0 Å². The van der Waals surface area contributed by atoms with Crippen LogP contribution in [0.25, 0.3) is 27.5 Å². The molecule has 3 aromatic rings. The molecule has 2 heterocycles. The minimum Gasteiger partial charge on any atom is -0.398 e. The monoisotopic (exact) mass is 303 g/mol. The predicted octanol–water partition coefficient (Wildman–Crippen LogP) is 2.98. The molecule has 0 spiro atoms. The van der Waals surface area contributed by atoms with Crippen LogP contribution in [0.15, 0.2) is 42.5 Å². The van der Waals surface area contributed by atoms with Gasteiger partial charge in [-0.3, -0.25) is 0 Å². The van der Waals surface area contributed by atoms with Crippen LogP contribution in [0.5, 0.6) is 0 Å². The summed E-state index contributed by atoms with van der Waals surface area (Å²) in [6, 6.07) is 7.79. The number of rotatable bonds is 2. The maximum Gasteiger partial charge on any atom is 0.0699 e. The zero-order chi connectivity index (χ0) is 16.0. The summed E-state index contributed by atoms with van der Waals surface area (Å²) in [5, 5.41) is 13.0. The van der Waals surface area contributed by atoms with Crippen molar-refractivity contribution >= 4 is 45.1 Å². The number of H-pyrrole nitrogens is 1. The van der Waals surface area contributed by atoms with Crippen LogP contribution < -0.4 is 16.8 Å². The molecular weight excluding hydrogens is 286 g/mol. The molecule has 1 aromatic heterocycles. The van der Waals surface area contributed by atoms with Crippen LogP contribution in [0.4, 0.5) is 11.4 Å². The van der Waals surface area contributed by atoms with Gasteiger partial charge >= 0.3 is 0 Å². The molecule has 0 atom stereocenters. The largest absolute Gasteiger partial charge is 0.398 e. The zero-order valence-electron chi connectivity index (χ0n) is 12.5. The van der Waals surface area contributed by atoms with E-state index in [1.807, 2.05) is 30.4 Å². The lowest BCUT2D eigenvalue weighted by Gasteiger charge is -2.13. The number of anilines is 2. The van der Waals surface area contributed by atoms with E-state index in [2.05, 4.69) is 22.4 Å². The molecule has 2 aromatic carbocycles. The molecule has 114 valence electrons. The molecule has 7 N–H and O–H groups in total. The van der Waals surface area contributed by atoms with Crippen LogP contribution in [-0.4, -0.2) is 17.7 Å². The highest BCUT2D eigenvalue weighted by molar-refractivity contribution is 6.19. The summed E-state index contributed by atoms with van der Waals surface area (Å²) in [4.78, 5) is 3.34. The Hall–Kier alpha value is -3.21. The summed E-state index contributed by atoms with van der Waals surface area (Å²) in [5.41, 5.74) is 18.2. The summed E-state index contributed by atoms with van der Waals surface area (Å²) in [6.45, 7) is 0.802. The number of aromatic nitrogens is 1. The number of aromatic amines is 1. The maximum absolute atomic E-state index is 7.70. The second kappa shape index (κ2) is 4.91. The first-order chi connectivity index (χ1) is 11.2. The van der Waals surface area contributed by atoms with E-state index in [0.717, 1.165) is 45.2 Å². The molecule has 23 heavy (non-hydrogen) atoms. The summed E-state index contributed by atoms with van der Waals surface area (Å²) in [7, 11) is 0. The van der Waals surface area contributed by atoms with Crippen molar-refractivity contribution in [1.29, 1.82) is 5.41 Å². The molecule has 0 saturated carbocycles. The third kappa shape index (κ3) is 1.97. The van der Waals surface area contributed by atoms with Gasteiger partial charge in [-0.15, -0.1) is 0 Å². The van der Waals surface area contributed by atoms with Crippen LogP contribution in [0, 0.1) is 5.41 Å². The van der Waals surface area contributed by atoms with Gasteiger partial charge in [0, 0.05) is 51.6 Å². The van der Waals surface area contributed by atoms with E-state index in [1.54, 1.807) is 0 Å². The van der Waals surface area contributed by atoms with Gasteiger partial charge in [0.15, 0.2) is 0 Å². The van der Waals surface area contributed by atoms with E-state index in [-0.39, 0.29) is 0 Å². The average molecular weight is 303 g/mol. The Morgan fingerprint density at radius 1 is 1.13 bits per heavy atom. The van der Waals surface area contributed by atoms with Gasteiger partial charge in [0.2, 0.25) is 0 Å². The van der Waals surface area contributed by atoms with E-state index in [9.17, 15) is 0 Å². The quantitative estimate of drug-likeness (QED) is 0.371. The van der Waals surface area contributed by atoms with Crippen LogP contribution in [0.3, 0.4) is 0 Å². The van der Waals surface area contributed by atoms with E-state index in [4.69, 9.17) is 16.9 Å². The molecule has 0 aliphatic carbocycles. The second-order valence-electron chi connectivity index (χ2n) is 5.64. The number of hydrogen-bond donors (Lipinski definition) is 5. The lowest BCUT2D eigenvalue weighted by atomic mass is 10.0. The number of benzene rings is 2. The molecular formula is C18H17N5. The van der Waals surface area contributed by atoms with Gasteiger partial charge in [-0.2, -0.15) is 0 Å². The maximum atomic E-state index is 7.70. The molecule has 1 aliphatic rings. The smallest absolute Gasteiger partial charge is 0.0699 e. The molecule has 0 radical (unpaired) electrons. The molecule has 0 bridgehead atoms. The number of hydrogen-bond acceptors (Lipinski definition) is 4. The average Bonchev–Trinajstić information content (AvgIpc) is 2.95. The fourth-order valence-corrected chi connectivity index (χ4v) is 3.14. The molecule has 0 amide bonds. The minimum absolute atomic E-state index is 0.593. The summed E-state index contributed by atoms with van der Waals surface area (Å²) in [5.74, 6) is 0. The molecule has 5 nitrogen and oxygen atoms in total. The Labute approximate surface area is 133 Å². The van der Waals surface area contributed by atoms with E-state index in [0.29, 0.717) is 11.4 Å². The van der Waals surface area contributed by atoms with Crippen molar-refractivity contribution in [3.8, 4) is 0 Å². The van der Waals surface area contributed by atoms with Crippen molar-refractivity contribution in [3.63, 3.8) is 0 Å². The van der Waals surface area contributed by atoms with Gasteiger partial charge < -0.3 is 27.2 Å². The molecule has 0 saturated heterocycles. The van der Waals surface area contributed by atoms with E-state index in [1.165, 1.54) is 6.21 Å². The number of fused-ring (bicyclic) bond motifs is 3. The van der Waals surface area contributed by atoms with Gasteiger partial charge in [-0.05, 0) is 30.3 Å². The zero-order valence-corrected chi connectivity index (χ0v) is 12.5. The Morgan fingerprint density at radius 2 is 2.00 bits per heavy atom. The van der Waals surface area contributed by atoms with Crippen molar-refractivity contribution in [2.24, 2.45) is 0 Å². The van der Waals surface area contributed by atoms with E-state index >= 15 is 0 Å². The van der Waals surface area contributed by atoms with Gasteiger partial charge in [-0.1, -0.05) is 12.2 Å². The molecule has 1 aliphatic heterocycles. The lowest BCUT2D eigenvalue weighted by molar-refractivity contribution is 0.996. The van der Waals surface area contributed by atoms with Crippen molar-refractivity contribution < 1.29 is 0 Å². The predicted molar refractivity (Wildman–Crippen MR) is 97.6 cm³/mol. The first kappa shape index (κ1) is 13.5. The molecule has 0 unspecified atom stereocenters. The normalized spacial score (nSPS) is 14.0. The van der Waals surface area contributed by atoms with Crippen LogP contribution in [0.2, 0.25) is 0 Å². The number of nitrogen functional groups attached to an aromatic ring is 2. The second-order valence-corrected chi connectivity index (χ2v) is 5.64. The summed E-state index contributed by atoms with van der Waals surface area (Å²) < 4.78 is 0. The third-order valence-corrected chi connectivity index (χ3v) is 4.24. The van der Waals surface area contributed by atoms with Crippen molar-refractivity contribution in [2.45, 2.75) is 0 Å². The first-order valence-corrected chi connectivity index (χ1v) is 7.44. The summed E-state index contributed by atoms with van der Waals surface area (Å²) >= 11 is 0. The standard InChI is InChI=1S/C18H17N5/c19-9-12-13(20)4-5-16-17(12)11-7-10(8-14(21)18(11)23-16)15-3-1-2-6-22-15/h1-5,7-9,19,22-23H,6,20-21H2. The number of dihydropyridines is 1. The number of allylic oxidation sites excluding steroid dienone is 2. The van der Waals surface area contributed by atoms with Crippen molar-refractivity contribution in [1.82, 2.24) is 10.3 Å². The van der Waals surface area contributed by atoms with Gasteiger partial charge in [0.1, 0.15) is 0 Å². The Kier molecular flexibility index (Phi) is 2.87. The van der Waals surface area contributed by atoms with Crippen molar-refractivity contribution in [2.75, 3.05) is 18.0 Å². The topological polar surface area (TPSA) is 104 Å². The number of nitrogens with two attached hydrogens (primary N) is 2. The number of nitrogens with one attached hydrogen (secondary N) is 3. The SMILES string of the molecule is N=Cc1c(N)ccc2[nH]c3c(N)cc(C4=CC=CCN4)cc3c12. The first-order valence-electron chi connectivity index (χ1n) is 7.44. The third-order valence-electron chi connectivity index (χ3n) is 4.24. The highest BCUT2D eigenvalue weighted by atomic mass is 14.9. The Bertz CT molecular complexity index is 1010. The Morgan fingerprint density at radius 3 is 2.74 bits per heavy atom. The van der Waals surface area contributed by atoms with Gasteiger partial charge in [0.05, 0.1) is 11.2 Å². The van der Waals surface area contributed by atoms with Crippen molar-refractivity contribution in [3.05, 3.63) is 53.6 Å².